The maximum absolute atomic E-state index is 12.0. The van der Waals surface area contributed by atoms with Gasteiger partial charge in [0, 0.05) is 11.8 Å². The standard InChI is InChI=1S/C17H24O6/c1-4-17(2,3)16(20)22-8-13(18)23-12-6-9-5-10(12)14-11(9)7-21-15(14)19/h9-12,14H,4-8H2,1-3H3. The van der Waals surface area contributed by atoms with Gasteiger partial charge in [-0.2, -0.15) is 0 Å². The minimum atomic E-state index is -0.604. The molecule has 3 rings (SSSR count). The van der Waals surface area contributed by atoms with Crippen LogP contribution in [-0.2, 0) is 28.6 Å². The lowest BCUT2D eigenvalue weighted by Crippen LogP contribution is -2.36. The van der Waals surface area contributed by atoms with Crippen LogP contribution in [0.25, 0.3) is 0 Å². The molecule has 2 aliphatic carbocycles. The van der Waals surface area contributed by atoms with Crippen LogP contribution in [0, 0.1) is 29.1 Å². The first-order valence-corrected chi connectivity index (χ1v) is 8.37. The van der Waals surface area contributed by atoms with Gasteiger partial charge in [-0.1, -0.05) is 6.92 Å². The Kier molecular flexibility index (Phi) is 4.10. The quantitative estimate of drug-likeness (QED) is 0.566. The number of hydrogen-bond donors (Lipinski definition) is 0. The molecule has 0 radical (unpaired) electrons. The summed E-state index contributed by atoms with van der Waals surface area (Å²) in [6, 6.07) is 0. The highest BCUT2D eigenvalue weighted by molar-refractivity contribution is 5.80. The molecule has 3 aliphatic rings. The smallest absolute Gasteiger partial charge is 0.344 e. The summed E-state index contributed by atoms with van der Waals surface area (Å²) in [6.45, 7) is 5.60. The first kappa shape index (κ1) is 16.3. The molecule has 1 saturated heterocycles. The van der Waals surface area contributed by atoms with Crippen LogP contribution in [0.3, 0.4) is 0 Å². The molecule has 0 spiro atoms. The average Bonchev–Trinajstić information content (AvgIpc) is 3.18. The Morgan fingerprint density at radius 1 is 1.26 bits per heavy atom. The van der Waals surface area contributed by atoms with Crippen molar-refractivity contribution in [1.82, 2.24) is 0 Å². The first-order valence-electron chi connectivity index (χ1n) is 8.37. The molecular formula is C17H24O6. The van der Waals surface area contributed by atoms with Crippen molar-refractivity contribution in [2.24, 2.45) is 29.1 Å². The molecule has 1 heterocycles. The highest BCUT2D eigenvalue weighted by Gasteiger charge is 2.60. The summed E-state index contributed by atoms with van der Waals surface area (Å²) >= 11 is 0. The van der Waals surface area contributed by atoms with Gasteiger partial charge in [-0.15, -0.1) is 0 Å². The number of cyclic esters (lactones) is 1. The molecule has 0 aromatic rings. The second-order valence-electron chi connectivity index (χ2n) is 7.56. The molecule has 2 bridgehead atoms. The van der Waals surface area contributed by atoms with Gasteiger partial charge in [-0.3, -0.25) is 9.59 Å². The Hall–Kier alpha value is -1.59. The molecule has 6 heteroatoms. The van der Waals surface area contributed by atoms with Gasteiger partial charge in [0.15, 0.2) is 6.61 Å². The average molecular weight is 324 g/mol. The van der Waals surface area contributed by atoms with Crippen molar-refractivity contribution in [1.29, 1.82) is 0 Å². The van der Waals surface area contributed by atoms with E-state index in [1.54, 1.807) is 13.8 Å². The SMILES string of the molecule is CCC(C)(C)C(=O)OCC(=O)OC1CC2CC1C1C(=O)OCC21. The van der Waals surface area contributed by atoms with Crippen molar-refractivity contribution in [2.75, 3.05) is 13.2 Å². The molecule has 0 aromatic heterocycles. The molecule has 5 unspecified atom stereocenters. The minimum absolute atomic E-state index is 0.0618. The van der Waals surface area contributed by atoms with Crippen LogP contribution >= 0.6 is 0 Å². The molecule has 3 fully saturated rings. The molecule has 6 nitrogen and oxygen atoms in total. The lowest BCUT2D eigenvalue weighted by Gasteiger charge is -2.28. The number of ether oxygens (including phenoxy) is 3. The summed E-state index contributed by atoms with van der Waals surface area (Å²) in [7, 11) is 0. The van der Waals surface area contributed by atoms with Gasteiger partial charge in [0.05, 0.1) is 17.9 Å². The van der Waals surface area contributed by atoms with Gasteiger partial charge in [0.2, 0.25) is 0 Å². The Labute approximate surface area is 135 Å². The molecule has 0 N–H and O–H groups in total. The monoisotopic (exact) mass is 324 g/mol. The van der Waals surface area contributed by atoms with E-state index in [-0.39, 0.29) is 30.5 Å². The van der Waals surface area contributed by atoms with E-state index in [0.29, 0.717) is 24.9 Å². The van der Waals surface area contributed by atoms with Crippen molar-refractivity contribution in [3.8, 4) is 0 Å². The van der Waals surface area contributed by atoms with Crippen LogP contribution < -0.4 is 0 Å². The van der Waals surface area contributed by atoms with Crippen molar-refractivity contribution in [2.45, 2.75) is 46.1 Å². The van der Waals surface area contributed by atoms with Gasteiger partial charge in [0.1, 0.15) is 6.10 Å². The number of hydrogen-bond acceptors (Lipinski definition) is 6. The highest BCUT2D eigenvalue weighted by atomic mass is 16.6. The maximum Gasteiger partial charge on any atom is 0.344 e. The number of carbonyl (C=O) groups is 3. The van der Waals surface area contributed by atoms with E-state index in [2.05, 4.69) is 0 Å². The molecule has 0 aromatic carbocycles. The normalized spacial score (nSPS) is 34.9. The summed E-state index contributed by atoms with van der Waals surface area (Å²) in [5, 5.41) is 0. The first-order chi connectivity index (χ1) is 10.8. The topological polar surface area (TPSA) is 78.9 Å². The third-order valence-electron chi connectivity index (χ3n) is 5.85. The number of esters is 3. The highest BCUT2D eigenvalue weighted by Crippen LogP contribution is 2.56. The predicted octanol–water partition coefficient (Wildman–Crippen LogP) is 1.71. The van der Waals surface area contributed by atoms with E-state index in [1.165, 1.54) is 0 Å². The predicted molar refractivity (Wildman–Crippen MR) is 79.1 cm³/mol. The zero-order valence-corrected chi connectivity index (χ0v) is 13.9. The van der Waals surface area contributed by atoms with E-state index in [9.17, 15) is 14.4 Å². The molecule has 1 aliphatic heterocycles. The number of rotatable bonds is 5. The molecular weight excluding hydrogens is 300 g/mol. The van der Waals surface area contributed by atoms with Crippen molar-refractivity contribution in [3.05, 3.63) is 0 Å². The molecule has 2 saturated carbocycles. The van der Waals surface area contributed by atoms with Crippen LogP contribution in [-0.4, -0.2) is 37.2 Å². The van der Waals surface area contributed by atoms with Gasteiger partial charge in [-0.05, 0) is 39.0 Å². The second-order valence-corrected chi connectivity index (χ2v) is 7.56. The maximum atomic E-state index is 12.0. The zero-order chi connectivity index (χ0) is 16.8. The van der Waals surface area contributed by atoms with Crippen LogP contribution in [0.2, 0.25) is 0 Å². The van der Waals surface area contributed by atoms with E-state index in [0.717, 1.165) is 12.8 Å². The lowest BCUT2D eigenvalue weighted by atomic mass is 9.80. The molecule has 23 heavy (non-hydrogen) atoms. The number of fused-ring (bicyclic) bond motifs is 5. The fourth-order valence-electron chi connectivity index (χ4n) is 4.08. The van der Waals surface area contributed by atoms with E-state index >= 15 is 0 Å². The Balaban J connectivity index is 1.50. The van der Waals surface area contributed by atoms with E-state index in [4.69, 9.17) is 14.2 Å². The van der Waals surface area contributed by atoms with Crippen molar-refractivity contribution < 1.29 is 28.6 Å². The van der Waals surface area contributed by atoms with Crippen molar-refractivity contribution in [3.63, 3.8) is 0 Å². The Morgan fingerprint density at radius 2 is 2.00 bits per heavy atom. The fourth-order valence-corrected chi connectivity index (χ4v) is 4.08. The van der Waals surface area contributed by atoms with Crippen LogP contribution in [0.1, 0.15) is 40.0 Å². The van der Waals surface area contributed by atoms with Crippen LogP contribution in [0.5, 0.6) is 0 Å². The van der Waals surface area contributed by atoms with Gasteiger partial charge in [0.25, 0.3) is 0 Å². The van der Waals surface area contributed by atoms with E-state index in [1.807, 2.05) is 6.92 Å². The third-order valence-corrected chi connectivity index (χ3v) is 5.85. The van der Waals surface area contributed by atoms with Crippen LogP contribution in [0.4, 0.5) is 0 Å². The lowest BCUT2D eigenvalue weighted by molar-refractivity contribution is -0.169. The minimum Gasteiger partial charge on any atom is -0.465 e. The van der Waals surface area contributed by atoms with Gasteiger partial charge >= 0.3 is 17.9 Å². The third kappa shape index (κ3) is 2.83. The summed E-state index contributed by atoms with van der Waals surface area (Å²) in [5.41, 5.74) is -0.604. The number of carbonyl (C=O) groups excluding carboxylic acids is 3. The Morgan fingerprint density at radius 3 is 2.70 bits per heavy atom. The van der Waals surface area contributed by atoms with Crippen molar-refractivity contribution >= 4 is 17.9 Å². The summed E-state index contributed by atoms with van der Waals surface area (Å²) in [6.07, 6.45) is 2.09. The van der Waals surface area contributed by atoms with Crippen LogP contribution in [0.15, 0.2) is 0 Å². The summed E-state index contributed by atoms with van der Waals surface area (Å²) in [5.74, 6) is -0.448. The van der Waals surface area contributed by atoms with Gasteiger partial charge in [-0.25, -0.2) is 4.79 Å². The summed E-state index contributed by atoms with van der Waals surface area (Å²) < 4.78 is 15.7. The molecule has 0 amide bonds. The van der Waals surface area contributed by atoms with Gasteiger partial charge < -0.3 is 14.2 Å². The zero-order valence-electron chi connectivity index (χ0n) is 13.9. The molecule has 128 valence electrons. The fraction of sp³-hybridized carbons (Fsp3) is 0.824. The Bertz CT molecular complexity index is 525. The largest absolute Gasteiger partial charge is 0.465 e. The van der Waals surface area contributed by atoms with E-state index < -0.39 is 17.4 Å². The second kappa shape index (κ2) is 5.80. The molecule has 5 atom stereocenters. The summed E-state index contributed by atoms with van der Waals surface area (Å²) in [4.78, 5) is 35.6.